The predicted octanol–water partition coefficient (Wildman–Crippen LogP) is 2.25. The Balaban J connectivity index is 0.00000484. The van der Waals surface area contributed by atoms with Crippen molar-refractivity contribution < 1.29 is 27.9 Å². The summed E-state index contributed by atoms with van der Waals surface area (Å²) in [5.41, 5.74) is 0. The summed E-state index contributed by atoms with van der Waals surface area (Å²) >= 11 is 0. The van der Waals surface area contributed by atoms with Gasteiger partial charge < -0.3 is 10.0 Å². The van der Waals surface area contributed by atoms with Crippen LogP contribution < -0.4 is 0 Å². The van der Waals surface area contributed by atoms with Gasteiger partial charge in [0, 0.05) is 25.2 Å². The lowest BCUT2D eigenvalue weighted by Crippen LogP contribution is -2.47. The zero-order chi connectivity index (χ0) is 17.2. The van der Waals surface area contributed by atoms with E-state index in [2.05, 4.69) is 0 Å². The van der Waals surface area contributed by atoms with Crippen molar-refractivity contribution in [3.8, 4) is 0 Å². The Morgan fingerprint density at radius 2 is 1.65 bits per heavy atom. The molecule has 0 aliphatic carbocycles. The van der Waals surface area contributed by atoms with E-state index in [9.17, 15) is 22.8 Å². The van der Waals surface area contributed by atoms with Crippen LogP contribution in [0.25, 0.3) is 0 Å². The van der Waals surface area contributed by atoms with Crippen LogP contribution >= 0.6 is 12.4 Å². The third-order valence-corrected chi connectivity index (χ3v) is 3.89. The molecule has 0 aromatic rings. The minimum absolute atomic E-state index is 0. The number of aliphatic carboxylic acids is 1. The van der Waals surface area contributed by atoms with Crippen LogP contribution in [0, 0.1) is 11.8 Å². The average Bonchev–Trinajstić information content (AvgIpc) is 2.71. The Morgan fingerprint density at radius 1 is 1.17 bits per heavy atom. The summed E-state index contributed by atoms with van der Waals surface area (Å²) in [6.07, 6.45) is -4.57. The van der Waals surface area contributed by atoms with E-state index in [4.69, 9.17) is 5.11 Å². The molecule has 2 atom stereocenters. The van der Waals surface area contributed by atoms with Gasteiger partial charge in [0.2, 0.25) is 5.91 Å². The van der Waals surface area contributed by atoms with Gasteiger partial charge in [-0.1, -0.05) is 0 Å². The lowest BCUT2D eigenvalue weighted by Gasteiger charge is -2.32. The number of hydrogen-bond acceptors (Lipinski definition) is 3. The second kappa shape index (κ2) is 8.19. The van der Waals surface area contributed by atoms with Crippen LogP contribution in [0.1, 0.15) is 27.7 Å². The highest BCUT2D eigenvalue weighted by atomic mass is 35.5. The van der Waals surface area contributed by atoms with Crippen LogP contribution in [0.2, 0.25) is 0 Å². The largest absolute Gasteiger partial charge is 0.481 e. The first-order valence-corrected chi connectivity index (χ1v) is 7.28. The van der Waals surface area contributed by atoms with Crippen molar-refractivity contribution >= 4 is 24.3 Å². The summed E-state index contributed by atoms with van der Waals surface area (Å²) in [6.45, 7) is 6.44. The van der Waals surface area contributed by atoms with Gasteiger partial charge in [-0.05, 0) is 27.7 Å². The number of carbonyl (C=O) groups is 2. The molecule has 1 heterocycles. The van der Waals surface area contributed by atoms with Crippen LogP contribution in [0.3, 0.4) is 0 Å². The molecule has 1 aliphatic heterocycles. The maximum absolute atomic E-state index is 12.9. The molecular weight excluding hydrogens is 337 g/mol. The number of carboxylic acids is 1. The molecule has 9 heteroatoms. The van der Waals surface area contributed by atoms with Crippen molar-refractivity contribution in [2.75, 3.05) is 19.6 Å². The van der Waals surface area contributed by atoms with Crippen molar-refractivity contribution in [3.63, 3.8) is 0 Å². The minimum atomic E-state index is -4.57. The van der Waals surface area contributed by atoms with E-state index in [1.165, 1.54) is 4.90 Å². The third kappa shape index (κ3) is 5.53. The summed E-state index contributed by atoms with van der Waals surface area (Å²) in [4.78, 5) is 26.2. The van der Waals surface area contributed by atoms with Gasteiger partial charge in [-0.2, -0.15) is 13.2 Å². The highest BCUT2D eigenvalue weighted by Crippen LogP contribution is 2.37. The van der Waals surface area contributed by atoms with Crippen molar-refractivity contribution in [3.05, 3.63) is 0 Å². The van der Waals surface area contributed by atoms with E-state index < -0.39 is 30.5 Å². The molecule has 5 nitrogen and oxygen atoms in total. The molecule has 1 aliphatic rings. The van der Waals surface area contributed by atoms with Gasteiger partial charge in [0.1, 0.15) is 0 Å². The zero-order valence-corrected chi connectivity index (χ0v) is 14.4. The molecule has 1 N–H and O–H groups in total. The first-order chi connectivity index (χ1) is 9.95. The number of likely N-dealkylation sites (tertiary alicyclic amines) is 1. The molecule has 0 saturated carbocycles. The van der Waals surface area contributed by atoms with Crippen LogP contribution in [-0.2, 0) is 9.59 Å². The summed E-state index contributed by atoms with van der Waals surface area (Å²) in [5, 5.41) is 8.96. The van der Waals surface area contributed by atoms with Gasteiger partial charge in [-0.25, -0.2) is 0 Å². The Morgan fingerprint density at radius 3 is 1.96 bits per heavy atom. The van der Waals surface area contributed by atoms with Crippen LogP contribution in [-0.4, -0.2) is 64.7 Å². The van der Waals surface area contributed by atoms with Gasteiger partial charge in [-0.3, -0.25) is 14.5 Å². The number of alkyl halides is 3. The number of hydrogen-bond donors (Lipinski definition) is 1. The van der Waals surface area contributed by atoms with Crippen LogP contribution in [0.15, 0.2) is 0 Å². The molecule has 1 fully saturated rings. The SMILES string of the molecule is CC(C)N(C(=O)CN1C[C@@H](C(F)(F)F)[C@H](C(=O)O)C1)C(C)C.Cl. The Bertz CT molecular complexity index is 422. The van der Waals surface area contributed by atoms with Gasteiger partial charge in [0.15, 0.2) is 0 Å². The maximum Gasteiger partial charge on any atom is 0.393 e. The monoisotopic (exact) mass is 360 g/mol. The van der Waals surface area contributed by atoms with Gasteiger partial charge in [0.25, 0.3) is 0 Å². The molecule has 0 aromatic heterocycles. The fourth-order valence-electron chi connectivity index (χ4n) is 3.04. The Hall–Kier alpha value is -1.02. The molecule has 136 valence electrons. The lowest BCUT2D eigenvalue weighted by molar-refractivity contribution is -0.188. The molecule has 0 bridgehead atoms. The fourth-order valence-corrected chi connectivity index (χ4v) is 3.04. The van der Waals surface area contributed by atoms with E-state index in [-0.39, 0.29) is 43.5 Å². The van der Waals surface area contributed by atoms with Gasteiger partial charge >= 0.3 is 12.1 Å². The standard InChI is InChI=1S/C14H23F3N2O3.ClH/c1-8(2)19(9(3)4)12(20)7-18-5-10(13(21)22)11(6-18)14(15,16)17;/h8-11H,5-7H2,1-4H3,(H,21,22);1H/t10-,11-;/m1./s1. The summed E-state index contributed by atoms with van der Waals surface area (Å²) in [7, 11) is 0. The van der Waals surface area contributed by atoms with E-state index in [1.807, 2.05) is 27.7 Å². The molecule has 1 rings (SSSR count). The predicted molar refractivity (Wildman–Crippen MR) is 81.5 cm³/mol. The number of amides is 1. The second-order valence-electron chi connectivity index (χ2n) is 6.28. The number of carboxylic acid groups (broad SMARTS) is 1. The average molecular weight is 361 g/mol. The highest BCUT2D eigenvalue weighted by molar-refractivity contribution is 5.85. The van der Waals surface area contributed by atoms with Crippen LogP contribution in [0.5, 0.6) is 0 Å². The maximum atomic E-state index is 12.9. The molecule has 1 saturated heterocycles. The quantitative estimate of drug-likeness (QED) is 0.817. The topological polar surface area (TPSA) is 60.9 Å². The van der Waals surface area contributed by atoms with Crippen molar-refractivity contribution in [2.45, 2.75) is 46.0 Å². The molecule has 0 spiro atoms. The van der Waals surface area contributed by atoms with Gasteiger partial charge in [-0.15, -0.1) is 12.4 Å². The fraction of sp³-hybridized carbons (Fsp3) is 0.857. The highest BCUT2D eigenvalue weighted by Gasteiger charge is 2.52. The first kappa shape index (κ1) is 22.0. The second-order valence-corrected chi connectivity index (χ2v) is 6.28. The summed E-state index contributed by atoms with van der Waals surface area (Å²) in [5.74, 6) is -5.19. The van der Waals surface area contributed by atoms with E-state index in [1.54, 1.807) is 4.90 Å². The van der Waals surface area contributed by atoms with Crippen molar-refractivity contribution in [1.29, 1.82) is 0 Å². The lowest BCUT2D eigenvalue weighted by atomic mass is 9.96. The summed E-state index contributed by atoms with van der Waals surface area (Å²) < 4.78 is 38.7. The van der Waals surface area contributed by atoms with E-state index in [0.29, 0.717) is 0 Å². The van der Waals surface area contributed by atoms with E-state index in [0.717, 1.165) is 0 Å². The minimum Gasteiger partial charge on any atom is -0.481 e. The number of halogens is 4. The molecule has 0 unspecified atom stereocenters. The molecule has 0 aromatic carbocycles. The summed E-state index contributed by atoms with van der Waals surface area (Å²) in [6, 6.07) is -0.132. The van der Waals surface area contributed by atoms with E-state index >= 15 is 0 Å². The number of nitrogens with zero attached hydrogens (tertiary/aromatic N) is 2. The molecule has 23 heavy (non-hydrogen) atoms. The number of carbonyl (C=O) groups excluding carboxylic acids is 1. The number of rotatable bonds is 5. The molecule has 1 amide bonds. The Kier molecular flexibility index (Phi) is 7.83. The molecule has 0 radical (unpaired) electrons. The van der Waals surface area contributed by atoms with Crippen molar-refractivity contribution in [2.24, 2.45) is 11.8 Å². The normalized spacial score (nSPS) is 22.3. The zero-order valence-electron chi connectivity index (χ0n) is 13.6. The Labute approximate surface area is 140 Å². The smallest absolute Gasteiger partial charge is 0.393 e. The first-order valence-electron chi connectivity index (χ1n) is 7.28. The van der Waals surface area contributed by atoms with Crippen LogP contribution in [0.4, 0.5) is 13.2 Å². The third-order valence-electron chi connectivity index (χ3n) is 3.89. The van der Waals surface area contributed by atoms with Crippen molar-refractivity contribution in [1.82, 2.24) is 9.80 Å². The van der Waals surface area contributed by atoms with Gasteiger partial charge in [0.05, 0.1) is 18.4 Å². The molecular formula is C14H24ClF3N2O3.